The van der Waals surface area contributed by atoms with Gasteiger partial charge in [0.2, 0.25) is 5.91 Å². The standard InChI is InChI=1S/C22H46NO6P/c1-4-6-7-8-9-10-11-12-13-14-15-16-17-18-22(25)21(23-20(3)24)19-29-30(26,27)28-5-2/h21-22,25H,4-19H2,1-3H3,(H,23,24)(H,26,27)/t21-,22+/m0/s1. The Morgan fingerprint density at radius 1 is 0.867 bits per heavy atom. The number of nitrogens with one attached hydrogen (secondary N) is 1. The van der Waals surface area contributed by atoms with Crippen molar-refractivity contribution >= 4 is 13.7 Å². The smallest absolute Gasteiger partial charge is 0.391 e. The normalized spacial score (nSPS) is 15.5. The summed E-state index contributed by atoms with van der Waals surface area (Å²) in [5, 5.41) is 12.9. The van der Waals surface area contributed by atoms with Crippen LogP contribution in [0.4, 0.5) is 0 Å². The van der Waals surface area contributed by atoms with E-state index in [-0.39, 0.29) is 19.1 Å². The van der Waals surface area contributed by atoms with Crippen molar-refractivity contribution < 1.29 is 28.4 Å². The third-order valence-corrected chi connectivity index (χ3v) is 6.23. The second kappa shape index (κ2) is 19.2. The fourth-order valence-electron chi connectivity index (χ4n) is 3.46. The van der Waals surface area contributed by atoms with Crippen LogP contribution in [0, 0.1) is 0 Å². The number of aliphatic hydroxyl groups excluding tert-OH is 1. The first-order valence-electron chi connectivity index (χ1n) is 11.9. The lowest BCUT2D eigenvalue weighted by atomic mass is 10.0. The van der Waals surface area contributed by atoms with E-state index in [4.69, 9.17) is 4.52 Å². The summed E-state index contributed by atoms with van der Waals surface area (Å²) in [6, 6.07) is -0.735. The number of hydrogen-bond donors (Lipinski definition) is 3. The van der Waals surface area contributed by atoms with Gasteiger partial charge < -0.3 is 15.3 Å². The average Bonchev–Trinajstić information content (AvgIpc) is 2.68. The van der Waals surface area contributed by atoms with Crippen LogP contribution < -0.4 is 5.32 Å². The lowest BCUT2D eigenvalue weighted by Gasteiger charge is -2.24. The molecule has 0 fully saturated rings. The quantitative estimate of drug-likeness (QED) is 0.157. The highest BCUT2D eigenvalue weighted by Crippen LogP contribution is 2.43. The Hall–Kier alpha value is -0.460. The molecule has 0 spiro atoms. The van der Waals surface area contributed by atoms with Crippen molar-refractivity contribution in [3.05, 3.63) is 0 Å². The van der Waals surface area contributed by atoms with Crippen LogP contribution in [-0.2, 0) is 18.4 Å². The molecule has 3 atom stereocenters. The maximum atomic E-state index is 11.6. The van der Waals surface area contributed by atoms with Crippen molar-refractivity contribution in [3.63, 3.8) is 0 Å². The largest absolute Gasteiger partial charge is 0.472 e. The summed E-state index contributed by atoms with van der Waals surface area (Å²) in [6.45, 7) is 4.94. The molecule has 7 nitrogen and oxygen atoms in total. The summed E-state index contributed by atoms with van der Waals surface area (Å²) in [7, 11) is -4.15. The van der Waals surface area contributed by atoms with Crippen molar-refractivity contribution in [2.24, 2.45) is 0 Å². The van der Waals surface area contributed by atoms with Gasteiger partial charge >= 0.3 is 7.82 Å². The first kappa shape index (κ1) is 29.5. The number of carbonyl (C=O) groups is 1. The first-order chi connectivity index (χ1) is 14.3. The Bertz CT molecular complexity index is 463. The monoisotopic (exact) mass is 451 g/mol. The Kier molecular flexibility index (Phi) is 18.9. The van der Waals surface area contributed by atoms with E-state index in [2.05, 4.69) is 16.8 Å². The third kappa shape index (κ3) is 18.3. The Morgan fingerprint density at radius 3 is 1.77 bits per heavy atom. The predicted octanol–water partition coefficient (Wildman–Crippen LogP) is 5.49. The molecule has 8 heteroatoms. The van der Waals surface area contributed by atoms with Crippen molar-refractivity contribution in [2.75, 3.05) is 13.2 Å². The number of rotatable bonds is 21. The highest BCUT2D eigenvalue weighted by atomic mass is 31.2. The van der Waals surface area contributed by atoms with Crippen LogP contribution in [0.1, 0.15) is 111 Å². The van der Waals surface area contributed by atoms with Gasteiger partial charge in [-0.15, -0.1) is 0 Å². The molecule has 0 saturated heterocycles. The highest BCUT2D eigenvalue weighted by molar-refractivity contribution is 7.47. The fourth-order valence-corrected chi connectivity index (χ4v) is 4.21. The molecule has 0 bridgehead atoms. The molecule has 0 aromatic carbocycles. The SMILES string of the molecule is CCCCCCCCCCCCCCC[C@@H](O)[C@H](COP(=O)(O)OCC)NC(C)=O. The van der Waals surface area contributed by atoms with Crippen molar-refractivity contribution in [1.29, 1.82) is 0 Å². The van der Waals surface area contributed by atoms with Crippen LogP contribution in [0.2, 0.25) is 0 Å². The molecule has 0 aliphatic rings. The lowest BCUT2D eigenvalue weighted by Crippen LogP contribution is -2.45. The van der Waals surface area contributed by atoms with Gasteiger partial charge in [0, 0.05) is 6.92 Å². The molecular formula is C22H46NO6P. The minimum atomic E-state index is -4.15. The summed E-state index contributed by atoms with van der Waals surface area (Å²) >= 11 is 0. The van der Waals surface area contributed by atoms with E-state index >= 15 is 0 Å². The van der Waals surface area contributed by atoms with Gasteiger partial charge in [0.05, 0.1) is 25.4 Å². The van der Waals surface area contributed by atoms with E-state index in [1.54, 1.807) is 6.92 Å². The average molecular weight is 452 g/mol. The van der Waals surface area contributed by atoms with Gasteiger partial charge in [0.25, 0.3) is 0 Å². The van der Waals surface area contributed by atoms with E-state index < -0.39 is 20.0 Å². The molecular weight excluding hydrogens is 405 g/mol. The number of amides is 1. The lowest BCUT2D eigenvalue weighted by molar-refractivity contribution is -0.121. The molecule has 0 aromatic rings. The zero-order valence-electron chi connectivity index (χ0n) is 19.4. The molecule has 0 rings (SSSR count). The maximum absolute atomic E-state index is 11.6. The van der Waals surface area contributed by atoms with Crippen LogP contribution in [0.5, 0.6) is 0 Å². The van der Waals surface area contributed by atoms with Crippen LogP contribution in [0.15, 0.2) is 0 Å². The molecule has 180 valence electrons. The maximum Gasteiger partial charge on any atom is 0.472 e. The molecule has 0 aromatic heterocycles. The Morgan fingerprint density at radius 2 is 1.33 bits per heavy atom. The van der Waals surface area contributed by atoms with Crippen molar-refractivity contribution in [3.8, 4) is 0 Å². The fraction of sp³-hybridized carbons (Fsp3) is 0.955. The van der Waals surface area contributed by atoms with Gasteiger partial charge in [0.15, 0.2) is 0 Å². The van der Waals surface area contributed by atoms with E-state index in [9.17, 15) is 19.4 Å². The minimum absolute atomic E-state index is 0.0418. The topological polar surface area (TPSA) is 105 Å². The summed E-state index contributed by atoms with van der Waals surface area (Å²) in [5.74, 6) is -0.322. The second-order valence-corrected chi connectivity index (χ2v) is 9.54. The van der Waals surface area contributed by atoms with Gasteiger partial charge in [-0.05, 0) is 13.3 Å². The molecule has 0 aliphatic heterocycles. The summed E-state index contributed by atoms with van der Waals surface area (Å²) < 4.78 is 21.2. The Labute approximate surface area is 183 Å². The summed E-state index contributed by atoms with van der Waals surface area (Å²) in [4.78, 5) is 20.9. The first-order valence-corrected chi connectivity index (χ1v) is 13.4. The highest BCUT2D eigenvalue weighted by Gasteiger charge is 2.26. The number of phosphoric ester groups is 1. The van der Waals surface area contributed by atoms with Crippen LogP contribution in [0.25, 0.3) is 0 Å². The molecule has 1 unspecified atom stereocenters. The zero-order valence-corrected chi connectivity index (χ0v) is 20.3. The van der Waals surface area contributed by atoms with Gasteiger partial charge in [-0.3, -0.25) is 13.8 Å². The molecule has 0 heterocycles. The second-order valence-electron chi connectivity index (χ2n) is 8.09. The van der Waals surface area contributed by atoms with Gasteiger partial charge in [0.1, 0.15) is 0 Å². The molecule has 3 N–H and O–H groups in total. The predicted molar refractivity (Wildman–Crippen MR) is 121 cm³/mol. The number of phosphoric acid groups is 1. The zero-order chi connectivity index (χ0) is 22.7. The number of aliphatic hydroxyl groups is 1. The van der Waals surface area contributed by atoms with Crippen molar-refractivity contribution in [1.82, 2.24) is 5.32 Å². The molecule has 0 aliphatic carbocycles. The molecule has 0 radical (unpaired) electrons. The van der Waals surface area contributed by atoms with Crippen LogP contribution in [-0.4, -0.2) is 41.3 Å². The number of carbonyl (C=O) groups excluding carboxylic acids is 1. The van der Waals surface area contributed by atoms with E-state index in [1.165, 1.54) is 71.1 Å². The third-order valence-electron chi connectivity index (χ3n) is 5.17. The number of unbranched alkanes of at least 4 members (excludes halogenated alkanes) is 12. The van der Waals surface area contributed by atoms with E-state index in [0.29, 0.717) is 6.42 Å². The van der Waals surface area contributed by atoms with Gasteiger partial charge in [-0.2, -0.15) is 0 Å². The van der Waals surface area contributed by atoms with Gasteiger partial charge in [-0.25, -0.2) is 4.57 Å². The van der Waals surface area contributed by atoms with Crippen LogP contribution >= 0.6 is 7.82 Å². The van der Waals surface area contributed by atoms with E-state index in [1.807, 2.05) is 0 Å². The van der Waals surface area contributed by atoms with Crippen molar-refractivity contribution in [2.45, 2.75) is 123 Å². The van der Waals surface area contributed by atoms with E-state index in [0.717, 1.165) is 19.3 Å². The summed E-state index contributed by atoms with van der Waals surface area (Å²) in [6.07, 6.45) is 16.0. The summed E-state index contributed by atoms with van der Waals surface area (Å²) in [5.41, 5.74) is 0. The Balaban J connectivity index is 3.84. The molecule has 30 heavy (non-hydrogen) atoms. The minimum Gasteiger partial charge on any atom is -0.391 e. The van der Waals surface area contributed by atoms with Crippen LogP contribution in [0.3, 0.4) is 0 Å². The van der Waals surface area contributed by atoms with Gasteiger partial charge in [-0.1, -0.05) is 90.4 Å². The molecule has 0 saturated carbocycles. The molecule has 1 amide bonds. The number of hydrogen-bond acceptors (Lipinski definition) is 5.